The van der Waals surface area contributed by atoms with Crippen molar-refractivity contribution in [1.29, 1.82) is 0 Å². The maximum Gasteiger partial charge on any atom is 0.308 e. The van der Waals surface area contributed by atoms with Crippen molar-refractivity contribution >= 4 is 16.0 Å². The van der Waals surface area contributed by atoms with Crippen LogP contribution >= 0.6 is 0 Å². The van der Waals surface area contributed by atoms with E-state index in [1.807, 2.05) is 19.1 Å². The molecule has 21 heavy (non-hydrogen) atoms. The number of benzene rings is 1. The molecule has 114 valence electrons. The van der Waals surface area contributed by atoms with Crippen molar-refractivity contribution < 1.29 is 18.3 Å². The average molecular weight is 309 g/mol. The number of hydrogen-bond acceptors (Lipinski definition) is 3. The van der Waals surface area contributed by atoms with E-state index in [0.29, 0.717) is 12.8 Å². The van der Waals surface area contributed by atoms with Crippen molar-refractivity contribution in [2.75, 3.05) is 0 Å². The Hall–Kier alpha value is -1.40. The first-order chi connectivity index (χ1) is 9.95. The number of fused-ring (bicyclic) bond motifs is 2. The highest BCUT2D eigenvalue weighted by Gasteiger charge is 2.54. The molecule has 3 rings (SSSR count). The summed E-state index contributed by atoms with van der Waals surface area (Å²) in [6.45, 7) is 2.02. The Labute approximate surface area is 124 Å². The van der Waals surface area contributed by atoms with Crippen LogP contribution in [0.1, 0.15) is 31.7 Å². The molecule has 0 aromatic heterocycles. The third-order valence-electron chi connectivity index (χ3n) is 4.70. The second kappa shape index (κ2) is 5.10. The Kier molecular flexibility index (Phi) is 3.53. The van der Waals surface area contributed by atoms with Gasteiger partial charge in [0.1, 0.15) is 0 Å². The summed E-state index contributed by atoms with van der Waals surface area (Å²) in [4.78, 5) is 11.5. The minimum Gasteiger partial charge on any atom is -0.481 e. The quantitative estimate of drug-likeness (QED) is 0.921. The van der Waals surface area contributed by atoms with Crippen LogP contribution in [0, 0.1) is 5.92 Å². The molecule has 2 aliphatic heterocycles. The zero-order valence-corrected chi connectivity index (χ0v) is 12.7. The molecule has 1 aromatic rings. The largest absolute Gasteiger partial charge is 0.481 e. The average Bonchev–Trinajstić information content (AvgIpc) is 3.05. The lowest BCUT2D eigenvalue weighted by molar-refractivity contribution is -0.142. The second-order valence-corrected chi connectivity index (χ2v) is 7.65. The van der Waals surface area contributed by atoms with Crippen molar-refractivity contribution in [2.45, 2.75) is 49.6 Å². The molecule has 3 atom stereocenters. The molecule has 2 fully saturated rings. The summed E-state index contributed by atoms with van der Waals surface area (Å²) >= 11 is 0. The fourth-order valence-corrected chi connectivity index (χ4v) is 5.51. The molecule has 0 saturated carbocycles. The summed E-state index contributed by atoms with van der Waals surface area (Å²) in [5.74, 6) is -1.45. The van der Waals surface area contributed by atoms with Crippen LogP contribution in [0.3, 0.4) is 0 Å². The molecular weight excluding hydrogens is 290 g/mol. The highest BCUT2D eigenvalue weighted by molar-refractivity contribution is 7.89. The number of carbonyl (C=O) groups is 1. The first-order valence-electron chi connectivity index (χ1n) is 7.30. The summed E-state index contributed by atoms with van der Waals surface area (Å²) in [5, 5.41) is 9.24. The van der Waals surface area contributed by atoms with Crippen LogP contribution in [0.15, 0.2) is 29.2 Å². The van der Waals surface area contributed by atoms with E-state index in [9.17, 15) is 18.3 Å². The first kappa shape index (κ1) is 14.5. The van der Waals surface area contributed by atoms with Crippen LogP contribution in [0.2, 0.25) is 0 Å². The number of nitrogens with zero attached hydrogens (tertiary/aromatic N) is 1. The van der Waals surface area contributed by atoms with Gasteiger partial charge in [0.15, 0.2) is 0 Å². The van der Waals surface area contributed by atoms with Gasteiger partial charge in [-0.15, -0.1) is 0 Å². The number of carboxylic acids is 1. The molecule has 3 unspecified atom stereocenters. The Morgan fingerprint density at radius 3 is 2.48 bits per heavy atom. The third-order valence-corrected chi connectivity index (χ3v) is 6.69. The predicted molar refractivity (Wildman–Crippen MR) is 77.4 cm³/mol. The fraction of sp³-hybridized carbons (Fsp3) is 0.533. The number of carboxylic acid groups (broad SMARTS) is 1. The van der Waals surface area contributed by atoms with E-state index in [2.05, 4.69) is 0 Å². The number of hydrogen-bond donors (Lipinski definition) is 1. The van der Waals surface area contributed by atoms with Crippen LogP contribution in [-0.4, -0.2) is 35.9 Å². The van der Waals surface area contributed by atoms with Gasteiger partial charge in [-0.1, -0.05) is 19.1 Å². The number of aliphatic carboxylic acids is 1. The van der Waals surface area contributed by atoms with Gasteiger partial charge in [0.05, 0.1) is 10.8 Å². The molecule has 0 aliphatic carbocycles. The van der Waals surface area contributed by atoms with E-state index in [1.165, 1.54) is 4.31 Å². The maximum absolute atomic E-state index is 12.8. The summed E-state index contributed by atoms with van der Waals surface area (Å²) in [6.07, 6.45) is 2.71. The van der Waals surface area contributed by atoms with Gasteiger partial charge in [0.25, 0.3) is 0 Å². The molecule has 0 amide bonds. The molecule has 2 bridgehead atoms. The lowest BCUT2D eigenvalue weighted by Gasteiger charge is -2.22. The van der Waals surface area contributed by atoms with Crippen LogP contribution in [-0.2, 0) is 21.2 Å². The highest BCUT2D eigenvalue weighted by atomic mass is 32.2. The Balaban J connectivity index is 1.93. The number of sulfonamides is 1. The molecule has 0 radical (unpaired) electrons. The highest BCUT2D eigenvalue weighted by Crippen LogP contribution is 2.44. The van der Waals surface area contributed by atoms with Gasteiger partial charge in [0.2, 0.25) is 10.0 Å². The molecule has 0 spiro atoms. The molecule has 6 heteroatoms. The lowest BCUT2D eigenvalue weighted by atomic mass is 9.89. The van der Waals surface area contributed by atoms with Crippen molar-refractivity contribution in [3.8, 4) is 0 Å². The van der Waals surface area contributed by atoms with Crippen LogP contribution < -0.4 is 0 Å². The maximum atomic E-state index is 12.8. The summed E-state index contributed by atoms with van der Waals surface area (Å²) in [5.41, 5.74) is 1.08. The molecule has 2 saturated heterocycles. The Bertz CT molecular complexity index is 653. The van der Waals surface area contributed by atoms with Gasteiger partial charge in [-0.2, -0.15) is 4.31 Å². The van der Waals surface area contributed by atoms with E-state index < -0.39 is 21.9 Å². The van der Waals surface area contributed by atoms with Crippen molar-refractivity contribution in [2.24, 2.45) is 5.92 Å². The fourth-order valence-electron chi connectivity index (χ4n) is 3.60. The van der Waals surface area contributed by atoms with Gasteiger partial charge >= 0.3 is 5.97 Å². The predicted octanol–water partition coefficient (Wildman–Crippen LogP) is 1.88. The van der Waals surface area contributed by atoms with Gasteiger partial charge < -0.3 is 5.11 Å². The van der Waals surface area contributed by atoms with E-state index in [1.54, 1.807) is 12.1 Å². The lowest BCUT2D eigenvalue weighted by Crippen LogP contribution is -2.37. The van der Waals surface area contributed by atoms with E-state index in [0.717, 1.165) is 18.4 Å². The minimum absolute atomic E-state index is 0.160. The minimum atomic E-state index is -3.60. The topological polar surface area (TPSA) is 74.7 Å². The molecule has 2 aliphatic rings. The molecule has 1 N–H and O–H groups in total. The number of aryl methyl sites for hydroxylation is 1. The zero-order valence-electron chi connectivity index (χ0n) is 11.9. The number of rotatable bonds is 4. The van der Waals surface area contributed by atoms with Crippen molar-refractivity contribution in [1.82, 2.24) is 4.31 Å². The van der Waals surface area contributed by atoms with Crippen LogP contribution in [0.5, 0.6) is 0 Å². The van der Waals surface area contributed by atoms with Crippen LogP contribution in [0.4, 0.5) is 0 Å². The molecular formula is C15H19NO4S. The van der Waals surface area contributed by atoms with Gasteiger partial charge in [-0.05, 0) is 43.4 Å². The van der Waals surface area contributed by atoms with Crippen molar-refractivity contribution in [3.63, 3.8) is 0 Å². The second-order valence-electron chi connectivity index (χ2n) is 5.81. The van der Waals surface area contributed by atoms with Crippen LogP contribution in [0.25, 0.3) is 0 Å². The molecule has 2 heterocycles. The van der Waals surface area contributed by atoms with E-state index in [4.69, 9.17) is 0 Å². The Morgan fingerprint density at radius 2 is 1.95 bits per heavy atom. The van der Waals surface area contributed by atoms with E-state index >= 15 is 0 Å². The summed E-state index contributed by atoms with van der Waals surface area (Å²) < 4.78 is 27.0. The molecule has 5 nitrogen and oxygen atoms in total. The normalized spacial score (nSPS) is 28.9. The smallest absolute Gasteiger partial charge is 0.308 e. The summed E-state index contributed by atoms with van der Waals surface area (Å²) in [7, 11) is -3.60. The zero-order chi connectivity index (χ0) is 15.2. The van der Waals surface area contributed by atoms with E-state index in [-0.39, 0.29) is 17.0 Å². The monoisotopic (exact) mass is 309 g/mol. The van der Waals surface area contributed by atoms with Gasteiger partial charge in [-0.3, -0.25) is 4.79 Å². The first-order valence-corrected chi connectivity index (χ1v) is 8.74. The van der Waals surface area contributed by atoms with Gasteiger partial charge in [-0.25, -0.2) is 8.42 Å². The third kappa shape index (κ3) is 2.26. The SMILES string of the molecule is CCc1ccc(S(=O)(=O)N2C3CCC2C(C(=O)O)C3)cc1. The Morgan fingerprint density at radius 1 is 1.29 bits per heavy atom. The van der Waals surface area contributed by atoms with Gasteiger partial charge in [0, 0.05) is 12.1 Å². The van der Waals surface area contributed by atoms with Crippen molar-refractivity contribution in [3.05, 3.63) is 29.8 Å². The molecule has 1 aromatic carbocycles. The standard InChI is InChI=1S/C15H19NO4S/c1-2-10-3-6-12(7-4-10)21(19,20)16-11-5-8-14(16)13(9-11)15(17)18/h3-4,6-7,11,13-14H,2,5,8-9H2,1H3,(H,17,18). The summed E-state index contributed by atoms with van der Waals surface area (Å²) in [6, 6.07) is 6.35.